The second kappa shape index (κ2) is 56.5. The molecule has 8 nitrogen and oxygen atoms in total. The zero-order valence-corrected chi connectivity index (χ0v) is 88.1. The van der Waals surface area contributed by atoms with E-state index < -0.39 is 0 Å². The van der Waals surface area contributed by atoms with Gasteiger partial charge in [-0.2, -0.15) is 0 Å². The van der Waals surface area contributed by atoms with E-state index in [0.717, 1.165) is 102 Å². The number of hydrogen-bond acceptors (Lipinski definition) is 8. The second-order valence-corrected chi connectivity index (χ2v) is 33.5. The Morgan fingerprint density at radius 1 is 0.200 bits per heavy atom. The molecule has 0 N–H and O–H groups in total. The Balaban J connectivity index is 0.000000145. The summed E-state index contributed by atoms with van der Waals surface area (Å²) < 4.78 is 0. The van der Waals surface area contributed by atoms with Crippen LogP contribution in [0.2, 0.25) is 0 Å². The molecule has 1 saturated carbocycles. The molecule has 0 bridgehead atoms. The van der Waals surface area contributed by atoms with Gasteiger partial charge in [-0.3, -0.25) is 0 Å². The first-order valence-electron chi connectivity index (χ1n) is 46.9. The first-order valence-corrected chi connectivity index (χ1v) is 46.9. The molecule has 12 aromatic carbocycles. The summed E-state index contributed by atoms with van der Waals surface area (Å²) in [4.78, 5) is 35.2. The first kappa shape index (κ1) is 105. The quantitative estimate of drug-likeness (QED) is 0.105. The minimum atomic E-state index is 0. The van der Waals surface area contributed by atoms with E-state index in [1.165, 1.54) is 161 Å². The molecule has 12 heteroatoms. The van der Waals surface area contributed by atoms with E-state index in [4.69, 9.17) is 0 Å². The van der Waals surface area contributed by atoms with Crippen LogP contribution in [0.15, 0.2) is 438 Å². The number of hydrogen-bond donors (Lipinski definition) is 0. The SMILES string of the molecule is Cc1cc(-c2ccc(-c3[c-]cccc3)nc2)cc(C)c1C.[Ir].[Ir].[Ir].[Ir].[c-]1ccccc1-c1ccc(-c2ccc(C3CCCCC3)cc2)cn1.[c-]1ccccc1-c1ccc(-c2ccc3c(c2)CCC3)cn1.[c-]1ccccc1-c1ccc(-c2ccc3c(c2)CCCC3)cn1.[c-]1ccccc1-c1ccccn1.[c-]1ccccc1-c1ccccn1.[c-]1ccccc1-c1ccccn1.[c-]1ccccc1-c1ccccn1. The Hall–Kier alpha value is -13.6. The van der Waals surface area contributed by atoms with E-state index in [1.54, 1.807) is 24.8 Å². The number of pyridine rings is 8. The molecule has 8 aromatic heterocycles. The number of aryl methyl sites for hydroxylation is 6. The third-order valence-corrected chi connectivity index (χ3v) is 24.3. The molecule has 1 fully saturated rings. The number of benzene rings is 12. The van der Waals surface area contributed by atoms with Crippen LogP contribution in [0, 0.1) is 69.3 Å². The van der Waals surface area contributed by atoms with Gasteiger partial charge in [0.15, 0.2) is 0 Å². The molecule has 3 aliphatic rings. The van der Waals surface area contributed by atoms with Crippen molar-refractivity contribution in [3.8, 4) is 135 Å². The van der Waals surface area contributed by atoms with Crippen molar-refractivity contribution in [2.75, 3.05) is 0 Å². The van der Waals surface area contributed by atoms with E-state index in [2.05, 4.69) is 231 Å². The van der Waals surface area contributed by atoms with Gasteiger partial charge in [-0.05, 0) is 243 Å². The van der Waals surface area contributed by atoms with E-state index in [0.29, 0.717) is 0 Å². The van der Waals surface area contributed by atoms with Gasteiger partial charge in [0.25, 0.3) is 0 Å². The van der Waals surface area contributed by atoms with Gasteiger partial charge in [0.1, 0.15) is 0 Å². The van der Waals surface area contributed by atoms with Crippen molar-refractivity contribution in [1.82, 2.24) is 39.9 Å². The molecule has 0 unspecified atom stereocenters. The van der Waals surface area contributed by atoms with E-state index >= 15 is 0 Å². The van der Waals surface area contributed by atoms with Crippen molar-refractivity contribution in [3.05, 3.63) is 531 Å². The molecular weight excluding hydrogens is 2420 g/mol. The summed E-state index contributed by atoms with van der Waals surface area (Å²) in [5.41, 5.74) is 37.4. The van der Waals surface area contributed by atoms with Crippen molar-refractivity contribution in [2.24, 2.45) is 0 Å². The Bertz CT molecular complexity index is 6470. The summed E-state index contributed by atoms with van der Waals surface area (Å²) in [5.74, 6) is 0.766. The second-order valence-electron chi connectivity index (χ2n) is 33.5. The Morgan fingerprint density at radius 2 is 0.450 bits per heavy atom. The van der Waals surface area contributed by atoms with Crippen LogP contribution >= 0.6 is 0 Å². The predicted molar refractivity (Wildman–Crippen MR) is 559 cm³/mol. The molecule has 140 heavy (non-hydrogen) atoms. The van der Waals surface area contributed by atoms with Crippen LogP contribution in [0.1, 0.15) is 102 Å². The summed E-state index contributed by atoms with van der Waals surface area (Å²) >= 11 is 0. The molecule has 0 atom stereocenters. The third-order valence-electron chi connectivity index (χ3n) is 24.3. The van der Waals surface area contributed by atoms with Crippen LogP contribution in [0.3, 0.4) is 0 Å². The summed E-state index contributed by atoms with van der Waals surface area (Å²) in [5, 5.41) is 0. The standard InChI is InChI=1S/C23H22N.C21H18N.C20H16N.C20H18N.4C11H8N.4Ir/c1-3-7-18(8-4-1)19-11-13-20(14-12-19)22-15-16-23(24-17-22)21-9-5-2-6-10-21;1-2-7-17(8-3-1)21-13-12-20(15-22-21)19-11-10-16-6-4-5-9-18(16)14-19;1-2-5-16(6-3-1)20-12-11-19(14-21-20)18-10-9-15-7-4-8-17(15)13-18;1-14-11-19(12-15(2)16(14)3)18-9-10-20(21-13-18)17-7-5-4-6-8-17;4*1-2-6-10(7-3-1)11-8-4-5-9-12-11;;;;/h2,5-6,9,11-18H,1,3-4,7-8H2;1-3,7,10-15H,4-6,9H2;1-3,5,9-14H,4,7-8H2;4-7,9-13H,1-3H3;4*1-6,8-9H;;;;/q8*-1;;;;. The summed E-state index contributed by atoms with van der Waals surface area (Å²) in [7, 11) is 0. The Morgan fingerprint density at radius 3 is 0.721 bits per heavy atom. The molecular formula is C128H106Ir4N8-8. The normalized spacial score (nSPS) is 11.7. The van der Waals surface area contributed by atoms with Gasteiger partial charge < -0.3 is 39.9 Å². The molecule has 0 aliphatic heterocycles. The monoisotopic (exact) mass is 2530 g/mol. The molecule has 0 spiro atoms. The predicted octanol–water partition coefficient (Wildman–Crippen LogP) is 31.4. The number of rotatable bonds is 13. The molecule has 0 amide bonds. The van der Waals surface area contributed by atoms with Crippen LogP contribution in [-0.2, 0) is 106 Å². The van der Waals surface area contributed by atoms with Crippen LogP contribution in [0.25, 0.3) is 135 Å². The van der Waals surface area contributed by atoms with E-state index in [-0.39, 0.29) is 80.4 Å². The van der Waals surface area contributed by atoms with Crippen LogP contribution < -0.4 is 0 Å². The third kappa shape index (κ3) is 31.0. The largest absolute Gasteiger partial charge is 0.305 e. The van der Waals surface area contributed by atoms with Gasteiger partial charge in [0.2, 0.25) is 0 Å². The Labute approximate surface area is 881 Å². The topological polar surface area (TPSA) is 103 Å². The van der Waals surface area contributed by atoms with Gasteiger partial charge in [0.05, 0.1) is 0 Å². The average molecular weight is 2530 g/mol. The first-order chi connectivity index (χ1) is 67.2. The molecule has 702 valence electrons. The van der Waals surface area contributed by atoms with Crippen molar-refractivity contribution in [2.45, 2.75) is 104 Å². The van der Waals surface area contributed by atoms with Crippen LogP contribution in [0.5, 0.6) is 0 Å². The number of nitrogens with zero attached hydrogens (tertiary/aromatic N) is 8. The molecule has 0 saturated heterocycles. The van der Waals surface area contributed by atoms with E-state index in [9.17, 15) is 0 Å². The van der Waals surface area contributed by atoms with Crippen molar-refractivity contribution >= 4 is 0 Å². The number of aromatic nitrogens is 8. The van der Waals surface area contributed by atoms with Gasteiger partial charge in [-0.25, -0.2) is 0 Å². The summed E-state index contributed by atoms with van der Waals surface area (Å²) in [6, 6.07) is 156. The summed E-state index contributed by atoms with van der Waals surface area (Å²) in [6.07, 6.45) is 30.7. The van der Waals surface area contributed by atoms with Crippen LogP contribution in [0.4, 0.5) is 0 Å². The van der Waals surface area contributed by atoms with Crippen LogP contribution in [-0.4, -0.2) is 39.9 Å². The smallest absolute Gasteiger partial charge is 0.0239 e. The van der Waals surface area contributed by atoms with Crippen molar-refractivity contribution in [3.63, 3.8) is 0 Å². The Kier molecular flexibility index (Phi) is 42.5. The molecule has 20 aromatic rings. The zero-order valence-electron chi connectivity index (χ0n) is 78.5. The minimum Gasteiger partial charge on any atom is -0.305 e. The molecule has 23 rings (SSSR count). The maximum Gasteiger partial charge on any atom is 0.0239 e. The minimum absolute atomic E-state index is 0. The summed E-state index contributed by atoms with van der Waals surface area (Å²) in [6.45, 7) is 6.49. The van der Waals surface area contributed by atoms with Gasteiger partial charge in [-0.1, -0.05) is 189 Å². The fourth-order valence-corrected chi connectivity index (χ4v) is 16.7. The maximum absolute atomic E-state index is 4.61. The zero-order chi connectivity index (χ0) is 92.8. The van der Waals surface area contributed by atoms with Gasteiger partial charge >= 0.3 is 0 Å². The van der Waals surface area contributed by atoms with Gasteiger partial charge in [-0.15, -0.1) is 287 Å². The fraction of sp³-hybridized carbons (Fsp3) is 0.125. The van der Waals surface area contributed by atoms with Gasteiger partial charge in [0, 0.05) is 130 Å². The maximum atomic E-state index is 4.61. The fourth-order valence-electron chi connectivity index (χ4n) is 16.7. The number of fused-ring (bicyclic) bond motifs is 2. The van der Waals surface area contributed by atoms with Crippen molar-refractivity contribution in [1.29, 1.82) is 0 Å². The molecule has 8 heterocycles. The van der Waals surface area contributed by atoms with E-state index in [1.807, 2.05) is 292 Å². The molecule has 3 aliphatic carbocycles. The van der Waals surface area contributed by atoms with Crippen molar-refractivity contribution < 1.29 is 80.4 Å². The average Bonchev–Trinajstić information content (AvgIpc) is 1.66. The molecule has 4 radical (unpaired) electrons.